The summed E-state index contributed by atoms with van der Waals surface area (Å²) in [5.74, 6) is 1.78. The molecule has 1 aliphatic rings. The molecule has 2 aromatic heterocycles. The number of aromatic nitrogens is 3. The van der Waals surface area contributed by atoms with E-state index in [4.69, 9.17) is 4.99 Å². The van der Waals surface area contributed by atoms with Gasteiger partial charge in [-0.3, -0.25) is 4.57 Å². The molecule has 0 bridgehead atoms. The average Bonchev–Trinajstić information content (AvgIpc) is 3.35. The first-order valence-electron chi connectivity index (χ1n) is 8.93. The lowest BCUT2D eigenvalue weighted by molar-refractivity contribution is 0.872. The number of benzene rings is 1. The van der Waals surface area contributed by atoms with Crippen LogP contribution in [0.15, 0.2) is 66.3 Å². The Hall–Kier alpha value is -2.42. The lowest BCUT2D eigenvalue weighted by atomic mass is 10.2. The minimum Gasteiger partial charge on any atom is -0.356 e. The highest BCUT2D eigenvalue weighted by molar-refractivity contribution is 14.0. The predicted octanol–water partition coefficient (Wildman–Crippen LogP) is 3.41. The maximum Gasteiger partial charge on any atom is 0.198 e. The van der Waals surface area contributed by atoms with Gasteiger partial charge in [-0.2, -0.15) is 0 Å². The number of rotatable bonds is 4. The van der Waals surface area contributed by atoms with E-state index in [1.807, 2.05) is 16.8 Å². The molecule has 4 rings (SSSR count). The molecule has 0 spiro atoms. The van der Waals surface area contributed by atoms with Crippen LogP contribution in [0.1, 0.15) is 18.1 Å². The number of anilines is 1. The van der Waals surface area contributed by atoms with E-state index in [1.54, 1.807) is 18.7 Å². The van der Waals surface area contributed by atoms with Crippen LogP contribution in [0, 0.1) is 0 Å². The quantitative estimate of drug-likeness (QED) is 0.358. The summed E-state index contributed by atoms with van der Waals surface area (Å²) < 4.78 is 1.92. The van der Waals surface area contributed by atoms with Gasteiger partial charge in [0.15, 0.2) is 5.96 Å². The molecule has 0 saturated carbocycles. The number of hydrogen-bond acceptors (Lipinski definition) is 3. The number of para-hydroxylation sites is 1. The highest BCUT2D eigenvalue weighted by Gasteiger charge is 2.22. The number of nitrogens with one attached hydrogen (secondary N) is 1. The van der Waals surface area contributed by atoms with Crippen molar-refractivity contribution in [3.63, 3.8) is 0 Å². The SMILES string of the molecule is CCNC(=NCc1cccnc1-n1ccnc1)N1CCc2ccccc21.I. The summed E-state index contributed by atoms with van der Waals surface area (Å²) in [4.78, 5) is 15.8. The average molecular weight is 474 g/mol. The van der Waals surface area contributed by atoms with Crippen LogP contribution in [0.3, 0.4) is 0 Å². The minimum absolute atomic E-state index is 0. The van der Waals surface area contributed by atoms with Gasteiger partial charge in [0.25, 0.3) is 0 Å². The lowest BCUT2D eigenvalue weighted by Crippen LogP contribution is -2.40. The molecule has 140 valence electrons. The van der Waals surface area contributed by atoms with Crippen LogP contribution in [-0.2, 0) is 13.0 Å². The Bertz CT molecular complexity index is 906. The largest absolute Gasteiger partial charge is 0.356 e. The second-order valence-corrected chi connectivity index (χ2v) is 6.16. The van der Waals surface area contributed by atoms with Crippen molar-refractivity contribution in [1.29, 1.82) is 0 Å². The van der Waals surface area contributed by atoms with Gasteiger partial charge < -0.3 is 10.2 Å². The van der Waals surface area contributed by atoms with Gasteiger partial charge >= 0.3 is 0 Å². The van der Waals surface area contributed by atoms with E-state index < -0.39 is 0 Å². The van der Waals surface area contributed by atoms with Gasteiger partial charge in [-0.25, -0.2) is 15.0 Å². The molecule has 1 N–H and O–H groups in total. The number of pyridine rings is 1. The molecule has 0 aliphatic carbocycles. The predicted molar refractivity (Wildman–Crippen MR) is 119 cm³/mol. The summed E-state index contributed by atoms with van der Waals surface area (Å²) in [5, 5.41) is 3.43. The standard InChI is InChI=1S/C20H22N6.HI/c1-2-22-20(26-12-9-16-6-3-4-8-18(16)26)24-14-17-7-5-10-23-19(17)25-13-11-21-15-25;/h3-8,10-11,13,15H,2,9,12,14H2,1H3,(H,22,24);1H. The molecular weight excluding hydrogens is 451 g/mol. The van der Waals surface area contributed by atoms with Crippen molar-refractivity contribution in [2.24, 2.45) is 4.99 Å². The maximum absolute atomic E-state index is 4.89. The number of hydrogen-bond donors (Lipinski definition) is 1. The molecule has 3 aromatic rings. The summed E-state index contributed by atoms with van der Waals surface area (Å²) in [5.41, 5.74) is 3.68. The highest BCUT2D eigenvalue weighted by atomic mass is 127. The van der Waals surface area contributed by atoms with E-state index in [9.17, 15) is 0 Å². The van der Waals surface area contributed by atoms with Crippen LogP contribution in [0.5, 0.6) is 0 Å². The Morgan fingerprint density at radius 2 is 2.07 bits per heavy atom. The molecule has 0 atom stereocenters. The van der Waals surface area contributed by atoms with E-state index in [0.29, 0.717) is 6.54 Å². The first-order chi connectivity index (χ1) is 12.9. The molecule has 1 aromatic carbocycles. The Balaban J connectivity index is 0.00000210. The summed E-state index contributed by atoms with van der Waals surface area (Å²) in [6.45, 7) is 4.44. The van der Waals surface area contributed by atoms with Crippen molar-refractivity contribution in [2.45, 2.75) is 19.9 Å². The summed E-state index contributed by atoms with van der Waals surface area (Å²) >= 11 is 0. The zero-order chi connectivity index (χ0) is 17.8. The maximum atomic E-state index is 4.89. The number of nitrogens with zero attached hydrogens (tertiary/aromatic N) is 5. The zero-order valence-corrected chi connectivity index (χ0v) is 17.6. The molecule has 0 radical (unpaired) electrons. The van der Waals surface area contributed by atoms with Crippen molar-refractivity contribution < 1.29 is 0 Å². The fourth-order valence-corrected chi connectivity index (χ4v) is 3.28. The Morgan fingerprint density at radius 1 is 1.19 bits per heavy atom. The topological polar surface area (TPSA) is 58.3 Å². The van der Waals surface area contributed by atoms with Crippen molar-refractivity contribution in [2.75, 3.05) is 18.0 Å². The van der Waals surface area contributed by atoms with Crippen LogP contribution < -0.4 is 10.2 Å². The Morgan fingerprint density at radius 3 is 2.89 bits per heavy atom. The Kier molecular flexibility index (Phi) is 6.44. The van der Waals surface area contributed by atoms with Gasteiger partial charge in [-0.1, -0.05) is 24.3 Å². The van der Waals surface area contributed by atoms with Crippen molar-refractivity contribution in [1.82, 2.24) is 19.9 Å². The third kappa shape index (κ3) is 4.13. The van der Waals surface area contributed by atoms with E-state index in [2.05, 4.69) is 57.4 Å². The molecule has 6 nitrogen and oxygen atoms in total. The number of guanidine groups is 1. The van der Waals surface area contributed by atoms with Gasteiger partial charge in [0, 0.05) is 42.9 Å². The second-order valence-electron chi connectivity index (χ2n) is 6.16. The fourth-order valence-electron chi connectivity index (χ4n) is 3.28. The highest BCUT2D eigenvalue weighted by Crippen LogP contribution is 2.27. The molecule has 0 unspecified atom stereocenters. The Labute approximate surface area is 176 Å². The zero-order valence-electron chi connectivity index (χ0n) is 15.2. The molecule has 0 saturated heterocycles. The van der Waals surface area contributed by atoms with Gasteiger partial charge in [0.05, 0.1) is 6.54 Å². The number of aliphatic imine (C=N–C) groups is 1. The van der Waals surface area contributed by atoms with Crippen molar-refractivity contribution in [3.8, 4) is 5.82 Å². The molecule has 1 aliphatic heterocycles. The van der Waals surface area contributed by atoms with Crippen LogP contribution in [0.2, 0.25) is 0 Å². The fraction of sp³-hybridized carbons (Fsp3) is 0.250. The van der Waals surface area contributed by atoms with E-state index >= 15 is 0 Å². The summed E-state index contributed by atoms with van der Waals surface area (Å²) in [7, 11) is 0. The van der Waals surface area contributed by atoms with Gasteiger partial charge in [0.2, 0.25) is 0 Å². The molecule has 7 heteroatoms. The summed E-state index contributed by atoms with van der Waals surface area (Å²) in [6, 6.07) is 12.5. The van der Waals surface area contributed by atoms with Gasteiger partial charge in [-0.05, 0) is 31.0 Å². The molecule has 27 heavy (non-hydrogen) atoms. The van der Waals surface area contributed by atoms with Crippen LogP contribution in [0.25, 0.3) is 5.82 Å². The van der Waals surface area contributed by atoms with Crippen molar-refractivity contribution in [3.05, 3.63) is 72.4 Å². The number of imidazole rings is 1. The second kappa shape index (κ2) is 8.98. The molecule has 0 amide bonds. The minimum atomic E-state index is 0. The smallest absolute Gasteiger partial charge is 0.198 e. The van der Waals surface area contributed by atoms with Crippen LogP contribution in [-0.4, -0.2) is 33.6 Å². The van der Waals surface area contributed by atoms with Crippen LogP contribution in [0.4, 0.5) is 5.69 Å². The first-order valence-corrected chi connectivity index (χ1v) is 8.93. The van der Waals surface area contributed by atoms with Gasteiger partial charge in [0.1, 0.15) is 12.1 Å². The lowest BCUT2D eigenvalue weighted by Gasteiger charge is -2.22. The monoisotopic (exact) mass is 474 g/mol. The van der Waals surface area contributed by atoms with Gasteiger partial charge in [-0.15, -0.1) is 24.0 Å². The molecule has 3 heterocycles. The normalized spacial score (nSPS) is 13.2. The number of halogens is 1. The summed E-state index contributed by atoms with van der Waals surface area (Å²) in [6.07, 6.45) is 8.26. The first kappa shape index (κ1) is 19.3. The van der Waals surface area contributed by atoms with E-state index in [1.165, 1.54) is 11.3 Å². The van der Waals surface area contributed by atoms with E-state index in [-0.39, 0.29) is 24.0 Å². The molecule has 0 fully saturated rings. The third-order valence-electron chi connectivity index (χ3n) is 4.49. The van der Waals surface area contributed by atoms with Crippen molar-refractivity contribution >= 4 is 35.6 Å². The third-order valence-corrected chi connectivity index (χ3v) is 4.49. The van der Waals surface area contributed by atoms with E-state index in [0.717, 1.165) is 36.9 Å². The van der Waals surface area contributed by atoms with Crippen LogP contribution >= 0.6 is 24.0 Å². The molecular formula is C20H23IN6. The number of fused-ring (bicyclic) bond motifs is 1.